The molecule has 1 aromatic carbocycles. The molecule has 1 aliphatic rings. The Labute approximate surface area is 95.1 Å². The summed E-state index contributed by atoms with van der Waals surface area (Å²) in [5.74, 6) is 1.20. The van der Waals surface area contributed by atoms with E-state index in [1.54, 1.807) is 0 Å². The smallest absolute Gasteiger partial charge is 0.0556 e. The summed E-state index contributed by atoms with van der Waals surface area (Å²) in [6.45, 7) is 0.898. The van der Waals surface area contributed by atoms with E-state index in [9.17, 15) is 0 Å². The fourth-order valence-electron chi connectivity index (χ4n) is 1.98. The van der Waals surface area contributed by atoms with Gasteiger partial charge in [0.25, 0.3) is 0 Å². The maximum absolute atomic E-state index is 8.85. The summed E-state index contributed by atoms with van der Waals surface area (Å²) < 4.78 is 0. The molecule has 1 aromatic rings. The summed E-state index contributed by atoms with van der Waals surface area (Å²) in [4.78, 5) is 1.39. The Hall–Kier alpha value is -0.510. The Morgan fingerprint density at radius 3 is 3.13 bits per heavy atom. The van der Waals surface area contributed by atoms with Crippen molar-refractivity contribution in [2.75, 3.05) is 18.9 Å². The van der Waals surface area contributed by atoms with Crippen LogP contribution in [0.25, 0.3) is 0 Å². The fraction of sp³-hybridized carbons (Fsp3) is 0.500. The van der Waals surface area contributed by atoms with E-state index in [1.165, 1.54) is 29.1 Å². The number of fused-ring (bicyclic) bond motifs is 1. The van der Waals surface area contributed by atoms with Gasteiger partial charge in [-0.15, -0.1) is 11.8 Å². The van der Waals surface area contributed by atoms with E-state index in [1.807, 2.05) is 11.8 Å². The Balaban J connectivity index is 2.17. The first-order valence-electron chi connectivity index (χ1n) is 5.48. The highest BCUT2D eigenvalue weighted by molar-refractivity contribution is 7.99. The molecule has 0 bridgehead atoms. The van der Waals surface area contributed by atoms with Crippen LogP contribution in [0.15, 0.2) is 29.2 Å². The minimum Gasteiger partial charge on any atom is -0.395 e. The average Bonchev–Trinajstić information content (AvgIpc) is 2.49. The van der Waals surface area contributed by atoms with Gasteiger partial charge in [-0.1, -0.05) is 18.2 Å². The molecule has 2 rings (SSSR count). The molecule has 0 aliphatic carbocycles. The van der Waals surface area contributed by atoms with E-state index in [-0.39, 0.29) is 6.61 Å². The van der Waals surface area contributed by atoms with Gasteiger partial charge in [0.2, 0.25) is 0 Å². The summed E-state index contributed by atoms with van der Waals surface area (Å²) in [5, 5.41) is 12.3. The van der Waals surface area contributed by atoms with Gasteiger partial charge in [-0.2, -0.15) is 0 Å². The van der Waals surface area contributed by atoms with E-state index in [0.717, 1.165) is 0 Å². The number of hydrogen-bond donors (Lipinski definition) is 2. The van der Waals surface area contributed by atoms with Crippen molar-refractivity contribution in [2.24, 2.45) is 0 Å². The molecular formula is C12H17NOS. The van der Waals surface area contributed by atoms with Gasteiger partial charge in [0.1, 0.15) is 0 Å². The number of aliphatic hydroxyl groups excluding tert-OH is 1. The molecule has 1 aliphatic heterocycles. The van der Waals surface area contributed by atoms with Crippen LogP contribution in [-0.4, -0.2) is 24.0 Å². The normalized spacial score (nSPS) is 20.7. The monoisotopic (exact) mass is 223 g/mol. The Bertz CT molecular complexity index is 316. The first-order chi connectivity index (χ1) is 7.42. The van der Waals surface area contributed by atoms with E-state index >= 15 is 0 Å². The van der Waals surface area contributed by atoms with Crippen molar-refractivity contribution in [3.05, 3.63) is 29.8 Å². The van der Waals surface area contributed by atoms with Crippen molar-refractivity contribution < 1.29 is 5.11 Å². The number of hydrogen-bond acceptors (Lipinski definition) is 3. The van der Waals surface area contributed by atoms with Crippen LogP contribution in [0.4, 0.5) is 0 Å². The lowest BCUT2D eigenvalue weighted by Crippen LogP contribution is -2.24. The molecule has 0 amide bonds. The molecule has 1 atom stereocenters. The number of nitrogens with one attached hydrogen (secondary N) is 1. The van der Waals surface area contributed by atoms with Gasteiger partial charge in [-0.25, -0.2) is 0 Å². The van der Waals surface area contributed by atoms with Crippen molar-refractivity contribution in [2.45, 2.75) is 23.8 Å². The van der Waals surface area contributed by atoms with Gasteiger partial charge in [-0.05, 0) is 30.2 Å². The molecule has 0 aromatic heterocycles. The molecule has 3 heteroatoms. The molecule has 1 heterocycles. The van der Waals surface area contributed by atoms with Crippen molar-refractivity contribution >= 4 is 11.8 Å². The van der Waals surface area contributed by atoms with Gasteiger partial charge in [0.05, 0.1) is 6.61 Å². The van der Waals surface area contributed by atoms with Crippen LogP contribution in [-0.2, 0) is 0 Å². The minimum atomic E-state index is 0.214. The van der Waals surface area contributed by atoms with Gasteiger partial charge in [0, 0.05) is 17.5 Å². The standard InChI is InChI=1S/C12H17NOS/c14-8-7-13-11-5-3-9-15-12-6-2-1-4-10(11)12/h1-2,4,6,11,13-14H,3,5,7-9H2. The summed E-state index contributed by atoms with van der Waals surface area (Å²) in [6, 6.07) is 9.00. The summed E-state index contributed by atoms with van der Waals surface area (Å²) in [7, 11) is 0. The maximum atomic E-state index is 8.85. The molecule has 2 nitrogen and oxygen atoms in total. The molecule has 15 heavy (non-hydrogen) atoms. The van der Waals surface area contributed by atoms with Gasteiger partial charge in [0.15, 0.2) is 0 Å². The number of rotatable bonds is 3. The van der Waals surface area contributed by atoms with Crippen LogP contribution in [0, 0.1) is 0 Å². The van der Waals surface area contributed by atoms with Crippen molar-refractivity contribution in [3.8, 4) is 0 Å². The van der Waals surface area contributed by atoms with Crippen LogP contribution in [0.1, 0.15) is 24.4 Å². The predicted octanol–water partition coefficient (Wildman–Crippen LogP) is 2.20. The zero-order valence-electron chi connectivity index (χ0n) is 8.78. The number of benzene rings is 1. The van der Waals surface area contributed by atoms with E-state index < -0.39 is 0 Å². The van der Waals surface area contributed by atoms with Gasteiger partial charge < -0.3 is 10.4 Å². The van der Waals surface area contributed by atoms with E-state index in [0.29, 0.717) is 12.6 Å². The van der Waals surface area contributed by atoms with Crippen LogP contribution >= 0.6 is 11.8 Å². The second-order valence-electron chi connectivity index (χ2n) is 3.76. The zero-order valence-corrected chi connectivity index (χ0v) is 9.59. The minimum absolute atomic E-state index is 0.214. The first kappa shape index (κ1) is 11.0. The Morgan fingerprint density at radius 2 is 2.27 bits per heavy atom. The highest BCUT2D eigenvalue weighted by Crippen LogP contribution is 2.34. The highest BCUT2D eigenvalue weighted by atomic mass is 32.2. The summed E-state index contributed by atoms with van der Waals surface area (Å²) in [6.07, 6.45) is 2.41. The molecule has 0 spiro atoms. The topological polar surface area (TPSA) is 32.3 Å². The summed E-state index contributed by atoms with van der Waals surface area (Å²) in [5.41, 5.74) is 1.40. The summed E-state index contributed by atoms with van der Waals surface area (Å²) >= 11 is 1.94. The SMILES string of the molecule is OCCNC1CCCSc2ccccc21. The second kappa shape index (κ2) is 5.54. The quantitative estimate of drug-likeness (QED) is 0.824. The van der Waals surface area contributed by atoms with Crippen LogP contribution in [0.2, 0.25) is 0 Å². The van der Waals surface area contributed by atoms with E-state index in [2.05, 4.69) is 29.6 Å². The van der Waals surface area contributed by atoms with Gasteiger partial charge >= 0.3 is 0 Å². The molecule has 0 saturated carbocycles. The Morgan fingerprint density at radius 1 is 1.40 bits per heavy atom. The van der Waals surface area contributed by atoms with Crippen LogP contribution in [0.3, 0.4) is 0 Å². The second-order valence-corrected chi connectivity index (χ2v) is 4.90. The average molecular weight is 223 g/mol. The van der Waals surface area contributed by atoms with Crippen LogP contribution in [0.5, 0.6) is 0 Å². The molecule has 2 N–H and O–H groups in total. The molecule has 1 unspecified atom stereocenters. The van der Waals surface area contributed by atoms with Crippen molar-refractivity contribution in [1.82, 2.24) is 5.32 Å². The third kappa shape index (κ3) is 2.74. The highest BCUT2D eigenvalue weighted by Gasteiger charge is 2.17. The Kier molecular flexibility index (Phi) is 4.06. The largest absolute Gasteiger partial charge is 0.395 e. The molecule has 0 saturated heterocycles. The van der Waals surface area contributed by atoms with Crippen LogP contribution < -0.4 is 5.32 Å². The van der Waals surface area contributed by atoms with E-state index in [4.69, 9.17) is 5.11 Å². The first-order valence-corrected chi connectivity index (χ1v) is 6.46. The lowest BCUT2D eigenvalue weighted by atomic mass is 10.0. The molecule has 82 valence electrons. The van der Waals surface area contributed by atoms with Gasteiger partial charge in [-0.3, -0.25) is 0 Å². The number of thioether (sulfide) groups is 1. The third-order valence-corrected chi connectivity index (χ3v) is 3.87. The fourth-order valence-corrected chi connectivity index (χ4v) is 3.06. The third-order valence-electron chi connectivity index (χ3n) is 2.69. The van der Waals surface area contributed by atoms with Crippen molar-refractivity contribution in [1.29, 1.82) is 0 Å². The lowest BCUT2D eigenvalue weighted by molar-refractivity contribution is 0.282. The van der Waals surface area contributed by atoms with Crippen molar-refractivity contribution in [3.63, 3.8) is 0 Å². The lowest BCUT2D eigenvalue weighted by Gasteiger charge is -2.18. The molecule has 0 radical (unpaired) electrons. The molecule has 0 fully saturated rings. The predicted molar refractivity (Wildman–Crippen MR) is 64.2 cm³/mol. The number of aliphatic hydroxyl groups is 1. The molecular weight excluding hydrogens is 206 g/mol. The maximum Gasteiger partial charge on any atom is 0.0556 e. The zero-order chi connectivity index (χ0) is 10.5.